The summed E-state index contributed by atoms with van der Waals surface area (Å²) in [6, 6.07) is 10.4. The van der Waals surface area contributed by atoms with Crippen LogP contribution in [0.3, 0.4) is 0 Å². The Labute approximate surface area is 128 Å². The van der Waals surface area contributed by atoms with E-state index in [4.69, 9.17) is 5.73 Å². The van der Waals surface area contributed by atoms with Gasteiger partial charge in [-0.1, -0.05) is 57.5 Å². The maximum absolute atomic E-state index is 12.3. The van der Waals surface area contributed by atoms with Gasteiger partial charge in [-0.15, -0.1) is 0 Å². The number of nitrogens with two attached hydrogens (primary N) is 1. The molecule has 1 aromatic carbocycles. The van der Waals surface area contributed by atoms with Crippen molar-refractivity contribution in [1.29, 1.82) is 0 Å². The van der Waals surface area contributed by atoms with Crippen LogP contribution in [0, 0.1) is 11.3 Å². The van der Waals surface area contributed by atoms with Crippen molar-refractivity contribution in [2.75, 3.05) is 0 Å². The van der Waals surface area contributed by atoms with Crippen LogP contribution in [-0.2, 0) is 4.79 Å². The Morgan fingerprint density at radius 3 is 2.48 bits per heavy atom. The molecule has 1 fully saturated rings. The Balaban J connectivity index is 2.29. The summed E-state index contributed by atoms with van der Waals surface area (Å²) in [6.07, 6.45) is 2.95. The van der Waals surface area contributed by atoms with E-state index < -0.39 is 5.54 Å². The Morgan fingerprint density at radius 2 is 1.95 bits per heavy atom. The molecular formula is C18H28N2O. The van der Waals surface area contributed by atoms with Crippen LogP contribution < -0.4 is 11.1 Å². The summed E-state index contributed by atoms with van der Waals surface area (Å²) in [5, 5.41) is 3.59. The molecule has 0 aromatic heterocycles. The van der Waals surface area contributed by atoms with E-state index >= 15 is 0 Å². The predicted octanol–water partition coefficient (Wildman–Crippen LogP) is 3.41. The summed E-state index contributed by atoms with van der Waals surface area (Å²) >= 11 is 0. The Morgan fingerprint density at radius 1 is 1.33 bits per heavy atom. The van der Waals surface area contributed by atoms with Gasteiger partial charge in [0.2, 0.25) is 5.91 Å². The van der Waals surface area contributed by atoms with Gasteiger partial charge in [0.15, 0.2) is 0 Å². The zero-order chi connectivity index (χ0) is 15.7. The van der Waals surface area contributed by atoms with Crippen LogP contribution in [-0.4, -0.2) is 11.4 Å². The minimum absolute atomic E-state index is 0.0644. The molecule has 0 bridgehead atoms. The van der Waals surface area contributed by atoms with Crippen molar-refractivity contribution in [3.8, 4) is 0 Å². The molecule has 0 aliphatic heterocycles. The molecule has 3 atom stereocenters. The predicted molar refractivity (Wildman–Crippen MR) is 86.7 cm³/mol. The van der Waals surface area contributed by atoms with Gasteiger partial charge in [0, 0.05) is 6.04 Å². The van der Waals surface area contributed by atoms with Gasteiger partial charge in [0.1, 0.15) is 5.54 Å². The number of hydrogen-bond acceptors (Lipinski definition) is 2. The Bertz CT molecular complexity index is 492. The van der Waals surface area contributed by atoms with Crippen molar-refractivity contribution in [3.05, 3.63) is 35.9 Å². The third-order valence-corrected chi connectivity index (χ3v) is 4.92. The molecule has 1 aliphatic rings. The molecule has 1 aliphatic carbocycles. The average molecular weight is 288 g/mol. The Kier molecular flexibility index (Phi) is 4.43. The fourth-order valence-corrected chi connectivity index (χ4v) is 3.93. The minimum Gasteiger partial charge on any atom is -0.368 e. The van der Waals surface area contributed by atoms with Crippen LogP contribution in [0.2, 0.25) is 0 Å². The summed E-state index contributed by atoms with van der Waals surface area (Å²) in [6.45, 7) is 8.72. The lowest BCUT2D eigenvalue weighted by Gasteiger charge is -2.42. The summed E-state index contributed by atoms with van der Waals surface area (Å²) < 4.78 is 0. The number of nitrogens with one attached hydrogen (secondary N) is 1. The van der Waals surface area contributed by atoms with Crippen molar-refractivity contribution >= 4 is 5.91 Å². The van der Waals surface area contributed by atoms with E-state index in [2.05, 4.69) is 45.1 Å². The number of carbonyl (C=O) groups excluding carboxylic acids is 1. The highest BCUT2D eigenvalue weighted by Crippen LogP contribution is 2.47. The van der Waals surface area contributed by atoms with Crippen LogP contribution in [0.1, 0.15) is 58.6 Å². The van der Waals surface area contributed by atoms with Gasteiger partial charge >= 0.3 is 0 Å². The SMILES string of the molecule is C[C@@H](N[C@@]1(C(N)=O)CCC[C@@H]1C(C)(C)C)c1ccccc1. The fraction of sp³-hybridized carbons (Fsp3) is 0.611. The molecule has 0 unspecified atom stereocenters. The average Bonchev–Trinajstić information content (AvgIpc) is 2.85. The van der Waals surface area contributed by atoms with E-state index in [1.165, 1.54) is 5.56 Å². The van der Waals surface area contributed by atoms with Crippen molar-refractivity contribution in [2.24, 2.45) is 17.1 Å². The normalized spacial score (nSPS) is 27.5. The third-order valence-electron chi connectivity index (χ3n) is 4.92. The van der Waals surface area contributed by atoms with Gasteiger partial charge in [0.25, 0.3) is 0 Å². The highest BCUT2D eigenvalue weighted by Gasteiger charge is 2.52. The first-order valence-corrected chi connectivity index (χ1v) is 7.90. The molecule has 1 aromatic rings. The van der Waals surface area contributed by atoms with Gasteiger partial charge in [-0.05, 0) is 36.7 Å². The number of carbonyl (C=O) groups is 1. The molecule has 116 valence electrons. The second-order valence-electron chi connectivity index (χ2n) is 7.42. The second-order valence-corrected chi connectivity index (χ2v) is 7.42. The zero-order valence-electron chi connectivity index (χ0n) is 13.6. The molecule has 2 rings (SSSR count). The van der Waals surface area contributed by atoms with Crippen LogP contribution in [0.15, 0.2) is 30.3 Å². The van der Waals surface area contributed by atoms with Gasteiger partial charge in [-0.25, -0.2) is 0 Å². The highest BCUT2D eigenvalue weighted by molar-refractivity contribution is 5.85. The van der Waals surface area contributed by atoms with Crippen LogP contribution in [0.5, 0.6) is 0 Å². The van der Waals surface area contributed by atoms with E-state index in [9.17, 15) is 4.79 Å². The number of amides is 1. The molecule has 21 heavy (non-hydrogen) atoms. The fourth-order valence-electron chi connectivity index (χ4n) is 3.93. The first-order valence-electron chi connectivity index (χ1n) is 7.90. The van der Waals surface area contributed by atoms with Crippen molar-refractivity contribution in [3.63, 3.8) is 0 Å². The van der Waals surface area contributed by atoms with E-state index in [1.54, 1.807) is 0 Å². The lowest BCUT2D eigenvalue weighted by molar-refractivity contribution is -0.128. The highest BCUT2D eigenvalue weighted by atomic mass is 16.1. The number of benzene rings is 1. The van der Waals surface area contributed by atoms with Crippen LogP contribution in [0.4, 0.5) is 0 Å². The minimum atomic E-state index is -0.590. The van der Waals surface area contributed by atoms with E-state index in [1.807, 2.05) is 18.2 Å². The molecular weight excluding hydrogens is 260 g/mol. The van der Waals surface area contributed by atoms with Gasteiger partial charge in [-0.2, -0.15) is 0 Å². The lowest BCUT2D eigenvalue weighted by Crippen LogP contribution is -2.61. The number of rotatable bonds is 4. The maximum atomic E-state index is 12.3. The first kappa shape index (κ1) is 16.0. The van der Waals surface area contributed by atoms with Crippen molar-refractivity contribution < 1.29 is 4.79 Å². The molecule has 0 spiro atoms. The zero-order valence-corrected chi connectivity index (χ0v) is 13.6. The topological polar surface area (TPSA) is 55.1 Å². The largest absolute Gasteiger partial charge is 0.368 e. The second kappa shape index (κ2) is 5.80. The van der Waals surface area contributed by atoms with Crippen molar-refractivity contribution in [2.45, 2.75) is 58.5 Å². The number of hydrogen-bond donors (Lipinski definition) is 2. The molecule has 0 saturated heterocycles. The smallest absolute Gasteiger partial charge is 0.238 e. The standard InChI is InChI=1S/C18H28N2O/c1-13(14-9-6-5-7-10-14)20-18(16(19)21)12-8-11-15(18)17(2,3)4/h5-7,9-10,13,15,20H,8,11-12H2,1-4H3,(H2,19,21)/t13-,15-,18+/m1/s1. The summed E-state index contributed by atoms with van der Waals surface area (Å²) in [4.78, 5) is 12.3. The third kappa shape index (κ3) is 3.13. The van der Waals surface area contributed by atoms with Gasteiger partial charge < -0.3 is 5.73 Å². The van der Waals surface area contributed by atoms with Gasteiger partial charge in [-0.3, -0.25) is 10.1 Å². The van der Waals surface area contributed by atoms with Crippen LogP contribution >= 0.6 is 0 Å². The lowest BCUT2D eigenvalue weighted by atomic mass is 9.70. The maximum Gasteiger partial charge on any atom is 0.238 e. The molecule has 3 nitrogen and oxygen atoms in total. The molecule has 1 saturated carbocycles. The molecule has 0 radical (unpaired) electrons. The monoisotopic (exact) mass is 288 g/mol. The number of primary amides is 1. The molecule has 3 heteroatoms. The molecule has 3 N–H and O–H groups in total. The van der Waals surface area contributed by atoms with Crippen LogP contribution in [0.25, 0.3) is 0 Å². The molecule has 1 amide bonds. The molecule has 0 heterocycles. The summed E-state index contributed by atoms with van der Waals surface area (Å²) in [5.74, 6) is 0.0661. The summed E-state index contributed by atoms with van der Waals surface area (Å²) in [7, 11) is 0. The first-order chi connectivity index (χ1) is 9.77. The van der Waals surface area contributed by atoms with E-state index in [0.717, 1.165) is 19.3 Å². The van der Waals surface area contributed by atoms with E-state index in [-0.39, 0.29) is 23.3 Å². The van der Waals surface area contributed by atoms with Crippen molar-refractivity contribution in [1.82, 2.24) is 5.32 Å². The quantitative estimate of drug-likeness (QED) is 0.892. The van der Waals surface area contributed by atoms with Gasteiger partial charge in [0.05, 0.1) is 0 Å². The Hall–Kier alpha value is -1.35. The summed E-state index contributed by atoms with van der Waals surface area (Å²) in [5.41, 5.74) is 6.51. The van der Waals surface area contributed by atoms with E-state index in [0.29, 0.717) is 0 Å².